The fraction of sp³-hybridized carbons (Fsp3) is 0.533. The molecule has 1 aromatic rings. The van der Waals surface area contributed by atoms with Crippen LogP contribution in [0, 0.1) is 0 Å². The minimum absolute atomic E-state index is 0.0327. The Balaban J connectivity index is 1.92. The maximum absolute atomic E-state index is 11.5. The van der Waals surface area contributed by atoms with Crippen molar-refractivity contribution < 1.29 is 9.53 Å². The van der Waals surface area contributed by atoms with Gasteiger partial charge in [-0.25, -0.2) is 0 Å². The van der Waals surface area contributed by atoms with Crippen molar-refractivity contribution in [2.45, 2.75) is 20.0 Å². The zero-order chi connectivity index (χ0) is 14.5. The average molecular weight is 277 g/mol. The summed E-state index contributed by atoms with van der Waals surface area (Å²) in [6, 6.07) is 8.12. The van der Waals surface area contributed by atoms with E-state index in [2.05, 4.69) is 17.0 Å². The maximum atomic E-state index is 11.5. The predicted octanol–water partition coefficient (Wildman–Crippen LogP) is 1.08. The van der Waals surface area contributed by atoms with E-state index in [1.165, 1.54) is 5.69 Å². The summed E-state index contributed by atoms with van der Waals surface area (Å²) >= 11 is 0. The van der Waals surface area contributed by atoms with Crippen molar-refractivity contribution in [2.75, 3.05) is 37.6 Å². The summed E-state index contributed by atoms with van der Waals surface area (Å²) in [4.78, 5) is 15.6. The first-order valence-electron chi connectivity index (χ1n) is 7.09. The molecule has 1 fully saturated rings. The van der Waals surface area contributed by atoms with Crippen molar-refractivity contribution in [3.8, 4) is 5.75 Å². The van der Waals surface area contributed by atoms with Gasteiger partial charge in [-0.2, -0.15) is 0 Å². The second-order valence-corrected chi connectivity index (χ2v) is 5.23. The number of nitrogens with two attached hydrogens (primary N) is 1. The second kappa shape index (κ2) is 6.61. The summed E-state index contributed by atoms with van der Waals surface area (Å²) in [7, 11) is 0. The highest BCUT2D eigenvalue weighted by molar-refractivity contribution is 5.78. The van der Waals surface area contributed by atoms with Gasteiger partial charge >= 0.3 is 0 Å². The van der Waals surface area contributed by atoms with E-state index in [0.717, 1.165) is 31.9 Å². The number of amides is 1. The lowest BCUT2D eigenvalue weighted by Gasteiger charge is -2.36. The summed E-state index contributed by atoms with van der Waals surface area (Å²) < 4.78 is 5.63. The van der Waals surface area contributed by atoms with Gasteiger partial charge in [0.05, 0.1) is 12.6 Å². The molecule has 2 rings (SSSR count). The number of benzene rings is 1. The smallest absolute Gasteiger partial charge is 0.236 e. The molecule has 0 bridgehead atoms. The summed E-state index contributed by atoms with van der Waals surface area (Å²) in [6.07, 6.45) is 0.187. The number of carbonyl (C=O) groups is 1. The third-order valence-corrected chi connectivity index (χ3v) is 3.38. The second-order valence-electron chi connectivity index (χ2n) is 5.23. The molecule has 1 aliphatic rings. The van der Waals surface area contributed by atoms with E-state index in [4.69, 9.17) is 10.5 Å². The lowest BCUT2D eigenvalue weighted by molar-refractivity contribution is -0.129. The van der Waals surface area contributed by atoms with Crippen LogP contribution in [0.25, 0.3) is 0 Å². The number of rotatable bonds is 4. The lowest BCUT2D eigenvalue weighted by Crippen LogP contribution is -2.50. The minimum atomic E-state index is 0.0327. The number of hydrogen-bond donors (Lipinski definition) is 1. The highest BCUT2D eigenvalue weighted by Crippen LogP contribution is 2.21. The molecule has 0 aromatic heterocycles. The van der Waals surface area contributed by atoms with Crippen molar-refractivity contribution in [1.82, 2.24) is 4.90 Å². The van der Waals surface area contributed by atoms with Gasteiger partial charge in [0.15, 0.2) is 0 Å². The van der Waals surface area contributed by atoms with Crippen LogP contribution >= 0.6 is 0 Å². The Labute approximate surface area is 120 Å². The van der Waals surface area contributed by atoms with E-state index in [-0.39, 0.29) is 18.6 Å². The number of piperazine rings is 1. The predicted molar refractivity (Wildman–Crippen MR) is 80.1 cm³/mol. The first-order valence-corrected chi connectivity index (χ1v) is 7.09. The van der Waals surface area contributed by atoms with Gasteiger partial charge in [0, 0.05) is 31.9 Å². The van der Waals surface area contributed by atoms with Crippen LogP contribution < -0.4 is 15.4 Å². The number of hydrogen-bond acceptors (Lipinski definition) is 4. The highest BCUT2D eigenvalue weighted by Gasteiger charge is 2.20. The number of anilines is 1. The molecule has 0 atom stereocenters. The van der Waals surface area contributed by atoms with Crippen LogP contribution in [0.5, 0.6) is 5.75 Å². The number of carbonyl (C=O) groups excluding carboxylic acids is 1. The van der Waals surface area contributed by atoms with Crippen molar-refractivity contribution in [1.29, 1.82) is 0 Å². The molecule has 20 heavy (non-hydrogen) atoms. The van der Waals surface area contributed by atoms with Crippen molar-refractivity contribution in [3.05, 3.63) is 24.3 Å². The highest BCUT2D eigenvalue weighted by atomic mass is 16.5. The fourth-order valence-electron chi connectivity index (χ4n) is 2.35. The summed E-state index contributed by atoms with van der Waals surface area (Å²) in [5.74, 6) is 0.922. The van der Waals surface area contributed by atoms with Gasteiger partial charge in [-0.15, -0.1) is 0 Å². The molecule has 1 saturated heterocycles. The molecular weight excluding hydrogens is 254 g/mol. The quantitative estimate of drug-likeness (QED) is 0.895. The molecule has 1 aromatic carbocycles. The first-order chi connectivity index (χ1) is 9.60. The lowest BCUT2D eigenvalue weighted by atomic mass is 10.2. The largest absolute Gasteiger partial charge is 0.491 e. The number of ether oxygens (including phenoxy) is 1. The molecule has 5 heteroatoms. The Hall–Kier alpha value is -1.75. The van der Waals surface area contributed by atoms with E-state index in [9.17, 15) is 4.79 Å². The number of nitrogens with zero attached hydrogens (tertiary/aromatic N) is 2. The van der Waals surface area contributed by atoms with Crippen LogP contribution in [0.4, 0.5) is 5.69 Å². The normalized spacial score (nSPS) is 15.6. The molecule has 0 unspecified atom stereocenters. The Morgan fingerprint density at radius 1 is 1.20 bits per heavy atom. The molecule has 5 nitrogen and oxygen atoms in total. The average Bonchev–Trinajstić information content (AvgIpc) is 2.47. The van der Waals surface area contributed by atoms with E-state index in [0.29, 0.717) is 0 Å². The van der Waals surface area contributed by atoms with Crippen LogP contribution in [-0.2, 0) is 4.79 Å². The van der Waals surface area contributed by atoms with E-state index in [1.54, 1.807) is 0 Å². The SMILES string of the molecule is CC(C)Oc1ccc(N2CCN(C(=O)CN)CC2)cc1. The van der Waals surface area contributed by atoms with Gasteiger partial charge in [-0.05, 0) is 38.1 Å². The third-order valence-electron chi connectivity index (χ3n) is 3.38. The van der Waals surface area contributed by atoms with Crippen molar-refractivity contribution in [2.24, 2.45) is 5.73 Å². The Bertz CT molecular complexity index is 437. The molecule has 0 spiro atoms. The van der Waals surface area contributed by atoms with Crippen molar-refractivity contribution in [3.63, 3.8) is 0 Å². The minimum Gasteiger partial charge on any atom is -0.491 e. The maximum Gasteiger partial charge on any atom is 0.236 e. The third kappa shape index (κ3) is 3.63. The van der Waals surface area contributed by atoms with Crippen LogP contribution in [0.2, 0.25) is 0 Å². The van der Waals surface area contributed by atoms with Gasteiger partial charge in [-0.3, -0.25) is 4.79 Å². The Morgan fingerprint density at radius 2 is 1.80 bits per heavy atom. The molecular formula is C15H23N3O2. The van der Waals surface area contributed by atoms with Crippen LogP contribution in [0.3, 0.4) is 0 Å². The van der Waals surface area contributed by atoms with Crippen LogP contribution in [-0.4, -0.2) is 49.6 Å². The molecule has 1 amide bonds. The molecule has 0 saturated carbocycles. The summed E-state index contributed by atoms with van der Waals surface area (Å²) in [6.45, 7) is 7.29. The molecule has 2 N–H and O–H groups in total. The topological polar surface area (TPSA) is 58.8 Å². The van der Waals surface area contributed by atoms with Crippen LogP contribution in [0.1, 0.15) is 13.8 Å². The zero-order valence-corrected chi connectivity index (χ0v) is 12.2. The van der Waals surface area contributed by atoms with Gasteiger partial charge in [0.2, 0.25) is 5.91 Å². The molecule has 1 aliphatic heterocycles. The van der Waals surface area contributed by atoms with E-state index < -0.39 is 0 Å². The standard InChI is InChI=1S/C15H23N3O2/c1-12(2)20-14-5-3-13(4-6-14)17-7-9-18(10-8-17)15(19)11-16/h3-6,12H,7-11,16H2,1-2H3. The van der Waals surface area contributed by atoms with Gasteiger partial charge in [0.25, 0.3) is 0 Å². The van der Waals surface area contributed by atoms with E-state index in [1.807, 2.05) is 30.9 Å². The monoisotopic (exact) mass is 277 g/mol. The zero-order valence-electron chi connectivity index (χ0n) is 12.2. The fourth-order valence-corrected chi connectivity index (χ4v) is 2.35. The Kier molecular flexibility index (Phi) is 4.84. The summed E-state index contributed by atoms with van der Waals surface area (Å²) in [5.41, 5.74) is 6.55. The summed E-state index contributed by atoms with van der Waals surface area (Å²) in [5, 5.41) is 0. The molecule has 0 radical (unpaired) electrons. The van der Waals surface area contributed by atoms with Crippen molar-refractivity contribution >= 4 is 11.6 Å². The van der Waals surface area contributed by atoms with E-state index >= 15 is 0 Å². The van der Waals surface area contributed by atoms with Gasteiger partial charge in [-0.1, -0.05) is 0 Å². The van der Waals surface area contributed by atoms with Crippen LogP contribution in [0.15, 0.2) is 24.3 Å². The first kappa shape index (κ1) is 14.7. The molecule has 0 aliphatic carbocycles. The van der Waals surface area contributed by atoms with Gasteiger partial charge < -0.3 is 20.3 Å². The molecule has 1 heterocycles. The molecule has 110 valence electrons. The van der Waals surface area contributed by atoms with Gasteiger partial charge in [0.1, 0.15) is 5.75 Å². The Morgan fingerprint density at radius 3 is 2.30 bits per heavy atom.